The third-order valence-electron chi connectivity index (χ3n) is 5.13. The fraction of sp³-hybridized carbons (Fsp3) is 0.217. The number of hydrogen-bond donors (Lipinski definition) is 1. The lowest BCUT2D eigenvalue weighted by molar-refractivity contribution is -0.112. The smallest absolute Gasteiger partial charge is 0.266 e. The van der Waals surface area contributed by atoms with Crippen molar-refractivity contribution in [1.82, 2.24) is 9.78 Å². The minimum Gasteiger partial charge on any atom is -0.312 e. The number of aromatic nitrogens is 2. The van der Waals surface area contributed by atoms with E-state index in [2.05, 4.69) is 16.5 Å². The van der Waals surface area contributed by atoms with E-state index >= 15 is 0 Å². The average molecular weight is 414 g/mol. The maximum absolute atomic E-state index is 12.8. The molecule has 148 valence electrons. The highest BCUT2D eigenvalue weighted by atomic mass is 32.1. The van der Waals surface area contributed by atoms with Crippen molar-refractivity contribution in [3.05, 3.63) is 69.4 Å². The summed E-state index contributed by atoms with van der Waals surface area (Å²) in [5, 5.41) is 26.9. The molecule has 2 heterocycles. The van der Waals surface area contributed by atoms with E-state index in [-0.39, 0.29) is 5.57 Å². The Labute approximate surface area is 178 Å². The topological polar surface area (TPSA) is 94.5 Å². The Balaban J connectivity index is 1.61. The zero-order valence-electron chi connectivity index (χ0n) is 16.5. The zero-order chi connectivity index (χ0) is 21.1. The van der Waals surface area contributed by atoms with Crippen molar-refractivity contribution in [2.45, 2.75) is 32.6 Å². The van der Waals surface area contributed by atoms with Gasteiger partial charge in [-0.3, -0.25) is 4.79 Å². The number of nitrogens with zero attached hydrogens (tertiary/aromatic N) is 4. The predicted molar refractivity (Wildman–Crippen MR) is 116 cm³/mol. The minimum absolute atomic E-state index is 0.0269. The highest BCUT2D eigenvalue weighted by Gasteiger charge is 2.23. The van der Waals surface area contributed by atoms with Crippen molar-refractivity contribution >= 4 is 28.3 Å². The number of anilines is 1. The van der Waals surface area contributed by atoms with E-state index in [0.717, 1.165) is 41.8 Å². The Kier molecular flexibility index (Phi) is 5.47. The first-order valence-electron chi connectivity index (χ1n) is 9.70. The van der Waals surface area contributed by atoms with Gasteiger partial charge in [-0.25, -0.2) is 4.68 Å². The molecular formula is C23H19N5OS. The van der Waals surface area contributed by atoms with E-state index in [9.17, 15) is 15.3 Å². The SMILES string of the molecule is Cc1nn(-c2ccccc2)cc1/C=C(\C#N)C(=O)Nc1sc2c(c1C#N)CCCC2. The zero-order valence-corrected chi connectivity index (χ0v) is 17.3. The molecule has 4 rings (SSSR count). The second kappa shape index (κ2) is 8.36. The number of nitriles is 2. The third kappa shape index (κ3) is 3.76. The van der Waals surface area contributed by atoms with Crippen molar-refractivity contribution < 1.29 is 4.79 Å². The van der Waals surface area contributed by atoms with Crippen molar-refractivity contribution in [2.24, 2.45) is 0 Å². The van der Waals surface area contributed by atoms with Crippen LogP contribution in [0.25, 0.3) is 11.8 Å². The van der Waals surface area contributed by atoms with Gasteiger partial charge in [0.05, 0.1) is 16.9 Å². The second-order valence-corrected chi connectivity index (χ2v) is 8.21. The summed E-state index contributed by atoms with van der Waals surface area (Å²) in [7, 11) is 0. The minimum atomic E-state index is -0.514. The van der Waals surface area contributed by atoms with Gasteiger partial charge in [-0.2, -0.15) is 15.6 Å². The van der Waals surface area contributed by atoms with Crippen molar-refractivity contribution in [3.8, 4) is 17.8 Å². The van der Waals surface area contributed by atoms with Gasteiger partial charge in [0, 0.05) is 16.6 Å². The van der Waals surface area contributed by atoms with Crippen LogP contribution in [0.1, 0.15) is 40.1 Å². The molecule has 0 bridgehead atoms. The van der Waals surface area contributed by atoms with Crippen molar-refractivity contribution in [1.29, 1.82) is 10.5 Å². The lowest BCUT2D eigenvalue weighted by Crippen LogP contribution is -2.13. The molecule has 0 atom stereocenters. The van der Waals surface area contributed by atoms with Gasteiger partial charge in [0.25, 0.3) is 5.91 Å². The van der Waals surface area contributed by atoms with Crippen LogP contribution >= 0.6 is 11.3 Å². The fourth-order valence-electron chi connectivity index (χ4n) is 3.57. The highest BCUT2D eigenvalue weighted by Crippen LogP contribution is 2.37. The van der Waals surface area contributed by atoms with Gasteiger partial charge in [-0.15, -0.1) is 11.3 Å². The number of aryl methyl sites for hydroxylation is 2. The van der Waals surface area contributed by atoms with Crippen LogP contribution in [0.3, 0.4) is 0 Å². The highest BCUT2D eigenvalue weighted by molar-refractivity contribution is 7.16. The molecule has 2 aromatic heterocycles. The fourth-order valence-corrected chi connectivity index (χ4v) is 4.81. The normalized spacial score (nSPS) is 13.2. The number of fused-ring (bicyclic) bond motifs is 1. The Morgan fingerprint density at radius 1 is 1.23 bits per heavy atom. The molecular weight excluding hydrogens is 394 g/mol. The molecule has 1 aromatic carbocycles. The standard InChI is InChI=1S/C23H19N5OS/c1-15-17(14-28(27-15)18-7-3-2-4-8-18)11-16(12-24)22(29)26-23-20(13-25)19-9-5-6-10-21(19)30-23/h2-4,7-8,11,14H,5-6,9-10H2,1H3,(H,26,29)/b16-11+. The van der Waals surface area contributed by atoms with Crippen LogP contribution in [0, 0.1) is 29.6 Å². The number of hydrogen-bond acceptors (Lipinski definition) is 5. The van der Waals surface area contributed by atoms with Crippen LogP contribution in [-0.4, -0.2) is 15.7 Å². The molecule has 0 radical (unpaired) electrons. The summed E-state index contributed by atoms with van der Waals surface area (Å²) in [6, 6.07) is 13.8. The molecule has 0 aliphatic heterocycles. The van der Waals surface area contributed by atoms with Gasteiger partial charge in [0.2, 0.25) is 0 Å². The summed E-state index contributed by atoms with van der Waals surface area (Å²) in [4.78, 5) is 13.9. The molecule has 0 saturated heterocycles. The maximum Gasteiger partial charge on any atom is 0.266 e. The van der Waals surface area contributed by atoms with Gasteiger partial charge in [-0.1, -0.05) is 18.2 Å². The summed E-state index contributed by atoms with van der Waals surface area (Å²) in [5.74, 6) is -0.514. The van der Waals surface area contributed by atoms with E-state index in [1.807, 2.05) is 43.3 Å². The average Bonchev–Trinajstić information content (AvgIpc) is 3.31. The van der Waals surface area contributed by atoms with E-state index < -0.39 is 5.91 Å². The molecule has 1 aliphatic rings. The largest absolute Gasteiger partial charge is 0.312 e. The van der Waals surface area contributed by atoms with Gasteiger partial charge >= 0.3 is 0 Å². The van der Waals surface area contributed by atoms with Crippen LogP contribution in [0.2, 0.25) is 0 Å². The van der Waals surface area contributed by atoms with Crippen LogP contribution in [0.4, 0.5) is 5.00 Å². The van der Waals surface area contributed by atoms with Crippen LogP contribution in [0.15, 0.2) is 42.1 Å². The molecule has 30 heavy (non-hydrogen) atoms. The second-order valence-electron chi connectivity index (χ2n) is 7.10. The molecule has 0 saturated carbocycles. The molecule has 0 fully saturated rings. The summed E-state index contributed by atoms with van der Waals surface area (Å²) < 4.78 is 1.72. The predicted octanol–water partition coefficient (Wildman–Crippen LogP) is 4.54. The first kappa shape index (κ1) is 19.6. The number of carbonyl (C=O) groups excluding carboxylic acids is 1. The van der Waals surface area contributed by atoms with Crippen LogP contribution in [-0.2, 0) is 17.6 Å². The van der Waals surface area contributed by atoms with Gasteiger partial charge in [0.1, 0.15) is 22.7 Å². The molecule has 1 N–H and O–H groups in total. The molecule has 1 amide bonds. The first-order chi connectivity index (χ1) is 14.6. The van der Waals surface area contributed by atoms with E-state index in [0.29, 0.717) is 21.8 Å². The summed E-state index contributed by atoms with van der Waals surface area (Å²) in [6.07, 6.45) is 7.28. The Morgan fingerprint density at radius 2 is 2.00 bits per heavy atom. The van der Waals surface area contributed by atoms with Gasteiger partial charge in [-0.05, 0) is 56.4 Å². The van der Waals surface area contributed by atoms with Crippen LogP contribution in [0.5, 0.6) is 0 Å². The first-order valence-corrected chi connectivity index (χ1v) is 10.5. The number of para-hydroxylation sites is 1. The number of nitrogens with one attached hydrogen (secondary N) is 1. The van der Waals surface area contributed by atoms with Gasteiger partial charge in [0.15, 0.2) is 0 Å². The molecule has 6 nitrogen and oxygen atoms in total. The number of benzene rings is 1. The number of rotatable bonds is 4. The maximum atomic E-state index is 12.8. The van der Waals surface area contributed by atoms with E-state index in [1.165, 1.54) is 17.4 Å². The van der Waals surface area contributed by atoms with Crippen molar-refractivity contribution in [3.63, 3.8) is 0 Å². The molecule has 0 unspecified atom stereocenters. The summed E-state index contributed by atoms with van der Waals surface area (Å²) in [5.41, 5.74) is 3.85. The van der Waals surface area contributed by atoms with Crippen LogP contribution < -0.4 is 5.32 Å². The quantitative estimate of drug-likeness (QED) is 0.502. The van der Waals surface area contributed by atoms with Gasteiger partial charge < -0.3 is 5.32 Å². The van der Waals surface area contributed by atoms with E-state index in [1.54, 1.807) is 10.9 Å². The number of thiophene rings is 1. The Bertz CT molecular complexity index is 1220. The summed E-state index contributed by atoms with van der Waals surface area (Å²) in [6.45, 7) is 1.83. The molecule has 3 aromatic rings. The summed E-state index contributed by atoms with van der Waals surface area (Å²) >= 11 is 1.45. The molecule has 0 spiro atoms. The van der Waals surface area contributed by atoms with Crippen molar-refractivity contribution in [2.75, 3.05) is 5.32 Å². The van der Waals surface area contributed by atoms with E-state index in [4.69, 9.17) is 0 Å². The third-order valence-corrected chi connectivity index (χ3v) is 6.34. The molecule has 1 aliphatic carbocycles. The Hall–Kier alpha value is -3.68. The number of amides is 1. The lowest BCUT2D eigenvalue weighted by atomic mass is 9.96. The lowest BCUT2D eigenvalue weighted by Gasteiger charge is -2.09. The monoisotopic (exact) mass is 413 g/mol. The number of carbonyl (C=O) groups is 1. The Morgan fingerprint density at radius 3 is 2.73 bits per heavy atom. The molecule has 7 heteroatoms.